The van der Waals surface area contributed by atoms with Gasteiger partial charge in [0.25, 0.3) is 0 Å². The number of hydrogen-bond donors (Lipinski definition) is 0. The quantitative estimate of drug-likeness (QED) is 0.365. The Balaban J connectivity index is 1.40. The van der Waals surface area contributed by atoms with Crippen LogP contribution in [0.15, 0.2) is 42.9 Å². The molecule has 176 valence electrons. The van der Waals surface area contributed by atoms with Crippen LogP contribution in [0.1, 0.15) is 42.4 Å². The number of aromatic nitrogens is 5. The molecule has 5 rings (SSSR count). The topological polar surface area (TPSA) is 84.2 Å². The minimum atomic E-state index is -0.609. The van der Waals surface area contributed by atoms with Crippen molar-refractivity contribution in [3.8, 4) is 17.0 Å². The maximum absolute atomic E-state index is 14.9. The number of benzene rings is 1. The summed E-state index contributed by atoms with van der Waals surface area (Å²) in [6.45, 7) is 3.19. The first-order valence-electron chi connectivity index (χ1n) is 11.3. The molecule has 34 heavy (non-hydrogen) atoms. The summed E-state index contributed by atoms with van der Waals surface area (Å²) in [5.41, 5.74) is 3.60. The Kier molecular flexibility index (Phi) is 6.46. The number of aryl methyl sites for hydroxylation is 1. The molecule has 0 radical (unpaired) electrons. The maximum Gasteiger partial charge on any atom is 0.222 e. The lowest BCUT2D eigenvalue weighted by Crippen LogP contribution is -2.17. The first-order valence-corrected chi connectivity index (χ1v) is 11.3. The number of pyridine rings is 1. The Morgan fingerprint density at radius 3 is 2.68 bits per heavy atom. The number of imidazole rings is 1. The van der Waals surface area contributed by atoms with Gasteiger partial charge in [-0.1, -0.05) is 12.1 Å². The second kappa shape index (κ2) is 9.82. The number of hydrogen-bond acceptors (Lipinski definition) is 7. The Morgan fingerprint density at radius 1 is 1.09 bits per heavy atom. The van der Waals surface area contributed by atoms with Gasteiger partial charge in [0, 0.05) is 12.8 Å². The molecule has 4 aromatic rings. The standard InChI is InChI=1S/C25H26FN5O3/c1-16-29-22(23-25(30-16)31(15-28-23)21-5-3-4-10-34-21)20-11-18(12-27-24(20)26)14-33-13-17-6-8-19(32-2)9-7-17/h6-9,11-12,15,21H,3-5,10,13-14H2,1-2H3. The zero-order valence-corrected chi connectivity index (χ0v) is 19.2. The molecule has 1 atom stereocenters. The lowest BCUT2D eigenvalue weighted by molar-refractivity contribution is -0.0298. The lowest BCUT2D eigenvalue weighted by Gasteiger charge is -2.23. The fraction of sp³-hybridized carbons (Fsp3) is 0.360. The van der Waals surface area contributed by atoms with E-state index in [1.165, 1.54) is 6.20 Å². The van der Waals surface area contributed by atoms with E-state index in [9.17, 15) is 4.39 Å². The molecule has 8 nitrogen and oxygen atoms in total. The molecule has 1 saturated heterocycles. The van der Waals surface area contributed by atoms with Crippen LogP contribution in [-0.2, 0) is 22.7 Å². The van der Waals surface area contributed by atoms with Gasteiger partial charge in [-0.15, -0.1) is 0 Å². The second-order valence-electron chi connectivity index (χ2n) is 8.29. The molecule has 1 unspecified atom stereocenters. The smallest absolute Gasteiger partial charge is 0.222 e. The van der Waals surface area contributed by atoms with E-state index in [0.717, 1.165) is 36.1 Å². The number of fused-ring (bicyclic) bond motifs is 1. The molecule has 4 heterocycles. The zero-order valence-electron chi connectivity index (χ0n) is 19.2. The summed E-state index contributed by atoms with van der Waals surface area (Å²) in [6.07, 6.45) is 6.07. The molecule has 0 spiro atoms. The molecule has 1 aliphatic heterocycles. The molecule has 0 N–H and O–H groups in total. The average molecular weight is 464 g/mol. The van der Waals surface area contributed by atoms with E-state index < -0.39 is 5.95 Å². The summed E-state index contributed by atoms with van der Waals surface area (Å²) in [5, 5.41) is 0. The first-order chi connectivity index (χ1) is 16.6. The zero-order chi connectivity index (χ0) is 23.5. The number of rotatable bonds is 7. The van der Waals surface area contributed by atoms with E-state index >= 15 is 0 Å². The monoisotopic (exact) mass is 463 g/mol. The van der Waals surface area contributed by atoms with Crippen LogP contribution in [0.5, 0.6) is 5.75 Å². The maximum atomic E-state index is 14.9. The summed E-state index contributed by atoms with van der Waals surface area (Å²) >= 11 is 0. The number of ether oxygens (including phenoxy) is 3. The van der Waals surface area contributed by atoms with Crippen LogP contribution in [0.4, 0.5) is 4.39 Å². The highest BCUT2D eigenvalue weighted by Gasteiger charge is 2.22. The van der Waals surface area contributed by atoms with E-state index in [-0.39, 0.29) is 18.4 Å². The molecule has 0 bridgehead atoms. The third-order valence-electron chi connectivity index (χ3n) is 5.85. The highest BCUT2D eigenvalue weighted by molar-refractivity contribution is 5.87. The molecule has 1 fully saturated rings. The number of methoxy groups -OCH3 is 1. The van der Waals surface area contributed by atoms with Crippen molar-refractivity contribution in [3.63, 3.8) is 0 Å². The van der Waals surface area contributed by atoms with Crippen molar-refractivity contribution in [2.75, 3.05) is 13.7 Å². The summed E-state index contributed by atoms with van der Waals surface area (Å²) in [5.74, 6) is 0.711. The largest absolute Gasteiger partial charge is 0.497 e. The highest BCUT2D eigenvalue weighted by atomic mass is 19.1. The third-order valence-corrected chi connectivity index (χ3v) is 5.85. The molecular formula is C25H26FN5O3. The number of halogens is 1. The predicted molar refractivity (Wildman–Crippen MR) is 124 cm³/mol. The second-order valence-corrected chi connectivity index (χ2v) is 8.29. The highest BCUT2D eigenvalue weighted by Crippen LogP contribution is 2.31. The van der Waals surface area contributed by atoms with Gasteiger partial charge >= 0.3 is 0 Å². The van der Waals surface area contributed by atoms with Crippen LogP contribution in [0.25, 0.3) is 22.4 Å². The molecule has 3 aromatic heterocycles. The van der Waals surface area contributed by atoms with Gasteiger partial charge in [-0.05, 0) is 55.5 Å². The van der Waals surface area contributed by atoms with E-state index in [1.54, 1.807) is 26.4 Å². The predicted octanol–water partition coefficient (Wildman–Crippen LogP) is 4.76. The van der Waals surface area contributed by atoms with Crippen LogP contribution in [0.3, 0.4) is 0 Å². The Bertz CT molecular complexity index is 1290. The fourth-order valence-electron chi connectivity index (χ4n) is 4.11. The van der Waals surface area contributed by atoms with E-state index in [4.69, 9.17) is 14.2 Å². The van der Waals surface area contributed by atoms with E-state index in [0.29, 0.717) is 35.9 Å². The van der Waals surface area contributed by atoms with Gasteiger partial charge in [0.15, 0.2) is 5.65 Å². The molecule has 1 aromatic carbocycles. The van der Waals surface area contributed by atoms with Gasteiger partial charge in [-0.3, -0.25) is 4.57 Å². The van der Waals surface area contributed by atoms with Crippen molar-refractivity contribution in [1.82, 2.24) is 24.5 Å². The van der Waals surface area contributed by atoms with Crippen LogP contribution >= 0.6 is 0 Å². The summed E-state index contributed by atoms with van der Waals surface area (Å²) in [4.78, 5) is 17.6. The van der Waals surface area contributed by atoms with E-state index in [2.05, 4.69) is 19.9 Å². The van der Waals surface area contributed by atoms with Gasteiger partial charge in [-0.2, -0.15) is 4.39 Å². The lowest BCUT2D eigenvalue weighted by atomic mass is 10.1. The minimum absolute atomic E-state index is 0.124. The first kappa shape index (κ1) is 22.4. The van der Waals surface area contributed by atoms with Gasteiger partial charge in [0.2, 0.25) is 5.95 Å². The Labute approximate surface area is 196 Å². The SMILES string of the molecule is COc1ccc(COCc2cnc(F)c(-c3nc(C)nc4c3ncn4C3CCCCO3)c2)cc1. The number of nitrogens with zero attached hydrogens (tertiary/aromatic N) is 5. The van der Waals surface area contributed by atoms with Gasteiger partial charge in [0.1, 0.15) is 29.0 Å². The van der Waals surface area contributed by atoms with Gasteiger partial charge in [0.05, 0.1) is 32.2 Å². The fourth-order valence-corrected chi connectivity index (χ4v) is 4.11. The average Bonchev–Trinajstić information content (AvgIpc) is 3.29. The molecule has 0 saturated carbocycles. The molecule has 0 amide bonds. The normalized spacial score (nSPS) is 16.1. The van der Waals surface area contributed by atoms with Crippen molar-refractivity contribution in [2.24, 2.45) is 0 Å². The summed E-state index contributed by atoms with van der Waals surface area (Å²) in [7, 11) is 1.63. The Hall–Kier alpha value is -3.43. The Morgan fingerprint density at radius 2 is 1.91 bits per heavy atom. The van der Waals surface area contributed by atoms with Crippen LogP contribution in [0.2, 0.25) is 0 Å². The van der Waals surface area contributed by atoms with Crippen LogP contribution in [0, 0.1) is 12.9 Å². The van der Waals surface area contributed by atoms with Gasteiger partial charge in [-0.25, -0.2) is 19.9 Å². The van der Waals surface area contributed by atoms with Crippen molar-refractivity contribution in [3.05, 3.63) is 65.8 Å². The minimum Gasteiger partial charge on any atom is -0.497 e. The molecule has 9 heteroatoms. The van der Waals surface area contributed by atoms with Gasteiger partial charge < -0.3 is 14.2 Å². The van der Waals surface area contributed by atoms with Crippen molar-refractivity contribution in [1.29, 1.82) is 0 Å². The van der Waals surface area contributed by atoms with Crippen molar-refractivity contribution < 1.29 is 18.6 Å². The van der Waals surface area contributed by atoms with Crippen LogP contribution in [-0.4, -0.2) is 38.2 Å². The molecule has 0 aliphatic carbocycles. The summed E-state index contributed by atoms with van der Waals surface area (Å²) in [6, 6.07) is 9.38. The molecular weight excluding hydrogens is 437 g/mol. The third kappa shape index (κ3) is 4.62. The van der Waals surface area contributed by atoms with Crippen LogP contribution < -0.4 is 4.74 Å². The summed E-state index contributed by atoms with van der Waals surface area (Å²) < 4.78 is 33.7. The van der Waals surface area contributed by atoms with E-state index in [1.807, 2.05) is 28.8 Å². The van der Waals surface area contributed by atoms with Crippen molar-refractivity contribution in [2.45, 2.75) is 45.6 Å². The van der Waals surface area contributed by atoms with Crippen molar-refractivity contribution >= 4 is 11.2 Å². The molecule has 1 aliphatic rings.